The first-order valence-corrected chi connectivity index (χ1v) is 12.3. The molecule has 164 valence electrons. The molecule has 3 rings (SSSR count). The largest absolute Gasteiger partial charge is 0.489 e. The summed E-state index contributed by atoms with van der Waals surface area (Å²) in [5.41, 5.74) is 6.33. The number of benzene rings is 2. The Bertz CT molecular complexity index is 1130. The molecule has 0 amide bonds. The lowest BCUT2D eigenvalue weighted by Gasteiger charge is -2.14. The van der Waals surface area contributed by atoms with Gasteiger partial charge < -0.3 is 9.47 Å². The lowest BCUT2D eigenvalue weighted by Crippen LogP contribution is -2.09. The lowest BCUT2D eigenvalue weighted by atomic mass is 9.98. The molecule has 0 spiro atoms. The van der Waals surface area contributed by atoms with Crippen molar-refractivity contribution >= 4 is 9.84 Å². The third-order valence-corrected chi connectivity index (χ3v) is 5.92. The van der Waals surface area contributed by atoms with E-state index in [-0.39, 0.29) is 5.75 Å². The summed E-state index contributed by atoms with van der Waals surface area (Å²) < 4.78 is 34.1. The van der Waals surface area contributed by atoms with E-state index in [0.717, 1.165) is 33.7 Å². The van der Waals surface area contributed by atoms with Crippen LogP contribution in [0.5, 0.6) is 11.6 Å². The van der Waals surface area contributed by atoms with Crippen molar-refractivity contribution in [2.45, 2.75) is 33.8 Å². The molecule has 0 radical (unpaired) electrons. The average Bonchev–Trinajstić information content (AvgIpc) is 2.69. The highest BCUT2D eigenvalue weighted by Crippen LogP contribution is 2.29. The summed E-state index contributed by atoms with van der Waals surface area (Å²) in [6.45, 7) is 6.85. The molecular weight excluding hydrogens is 410 g/mol. The fourth-order valence-corrected chi connectivity index (χ4v) is 4.14. The fourth-order valence-electron chi connectivity index (χ4n) is 3.49. The third-order valence-electron chi connectivity index (χ3n) is 4.89. The standard InChI is InChI=1S/C25H29NO4S/c1-18-8-5-11-23(14-18)30-17-21-9-6-10-22(16-21)25-19(2)15-24(26-20(25)3)29-12-7-13-31(4,27)28/h5-6,8-11,14-16H,7,12-13,17H2,1-4H3. The van der Waals surface area contributed by atoms with Crippen LogP contribution in [0.15, 0.2) is 54.6 Å². The lowest BCUT2D eigenvalue weighted by molar-refractivity contribution is 0.305. The SMILES string of the molecule is Cc1cccc(OCc2cccc(-c3c(C)cc(OCCCS(C)(=O)=O)nc3C)c2)c1. The van der Waals surface area contributed by atoms with Crippen molar-refractivity contribution in [3.63, 3.8) is 0 Å². The summed E-state index contributed by atoms with van der Waals surface area (Å²) in [6, 6.07) is 18.2. The summed E-state index contributed by atoms with van der Waals surface area (Å²) in [5.74, 6) is 1.49. The molecule has 0 aliphatic heterocycles. The molecule has 3 aromatic rings. The maximum absolute atomic E-state index is 11.2. The molecule has 0 unspecified atom stereocenters. The molecule has 1 aromatic heterocycles. The van der Waals surface area contributed by atoms with Crippen molar-refractivity contribution < 1.29 is 17.9 Å². The van der Waals surface area contributed by atoms with Crippen molar-refractivity contribution in [2.24, 2.45) is 0 Å². The highest BCUT2D eigenvalue weighted by Gasteiger charge is 2.11. The molecule has 0 aliphatic rings. The van der Waals surface area contributed by atoms with Crippen molar-refractivity contribution in [3.05, 3.63) is 77.0 Å². The Labute approximate surface area is 185 Å². The molecule has 0 fully saturated rings. The highest BCUT2D eigenvalue weighted by atomic mass is 32.2. The number of sulfone groups is 1. The molecule has 0 saturated carbocycles. The van der Waals surface area contributed by atoms with E-state index in [1.807, 2.05) is 57.2 Å². The number of aromatic nitrogens is 1. The van der Waals surface area contributed by atoms with E-state index in [4.69, 9.17) is 9.47 Å². The van der Waals surface area contributed by atoms with Gasteiger partial charge >= 0.3 is 0 Å². The van der Waals surface area contributed by atoms with Crippen LogP contribution in [-0.4, -0.2) is 32.0 Å². The topological polar surface area (TPSA) is 65.5 Å². The second-order valence-electron chi connectivity index (χ2n) is 7.88. The highest BCUT2D eigenvalue weighted by molar-refractivity contribution is 7.90. The summed E-state index contributed by atoms with van der Waals surface area (Å²) in [6.07, 6.45) is 1.68. The molecule has 0 saturated heterocycles. The fraction of sp³-hybridized carbons (Fsp3) is 0.320. The van der Waals surface area contributed by atoms with Gasteiger partial charge in [-0.1, -0.05) is 30.3 Å². The zero-order chi connectivity index (χ0) is 22.4. The molecule has 0 N–H and O–H groups in total. The first-order valence-electron chi connectivity index (χ1n) is 10.3. The number of ether oxygens (including phenoxy) is 2. The van der Waals surface area contributed by atoms with Crippen LogP contribution in [0.3, 0.4) is 0 Å². The molecule has 1 heterocycles. The zero-order valence-electron chi connectivity index (χ0n) is 18.5. The normalized spacial score (nSPS) is 11.4. The van der Waals surface area contributed by atoms with Crippen LogP contribution in [0.4, 0.5) is 0 Å². The smallest absolute Gasteiger partial charge is 0.213 e. The van der Waals surface area contributed by atoms with Crippen LogP contribution in [0.25, 0.3) is 11.1 Å². The quantitative estimate of drug-likeness (QED) is 0.436. The van der Waals surface area contributed by atoms with Gasteiger partial charge in [-0.25, -0.2) is 13.4 Å². The van der Waals surface area contributed by atoms with Gasteiger partial charge in [-0.3, -0.25) is 0 Å². The van der Waals surface area contributed by atoms with Gasteiger partial charge in [0.15, 0.2) is 0 Å². The minimum Gasteiger partial charge on any atom is -0.489 e. The molecule has 6 heteroatoms. The number of aryl methyl sites for hydroxylation is 3. The number of rotatable bonds is 9. The maximum Gasteiger partial charge on any atom is 0.213 e. The van der Waals surface area contributed by atoms with Gasteiger partial charge in [0.2, 0.25) is 5.88 Å². The van der Waals surface area contributed by atoms with Gasteiger partial charge in [0.25, 0.3) is 0 Å². The molecule has 0 bridgehead atoms. The van der Waals surface area contributed by atoms with E-state index in [1.54, 1.807) is 0 Å². The predicted molar refractivity (Wildman–Crippen MR) is 124 cm³/mol. The predicted octanol–water partition coefficient (Wildman–Crippen LogP) is 5.07. The Morgan fingerprint density at radius 2 is 1.71 bits per heavy atom. The number of pyridine rings is 1. The number of nitrogens with zero attached hydrogens (tertiary/aromatic N) is 1. The van der Waals surface area contributed by atoms with Crippen molar-refractivity contribution in [3.8, 4) is 22.8 Å². The van der Waals surface area contributed by atoms with Gasteiger partial charge in [0.05, 0.1) is 12.4 Å². The molecule has 0 atom stereocenters. The van der Waals surface area contributed by atoms with Crippen LogP contribution >= 0.6 is 0 Å². The number of hydrogen-bond donors (Lipinski definition) is 0. The van der Waals surface area contributed by atoms with Crippen LogP contribution in [0, 0.1) is 20.8 Å². The van der Waals surface area contributed by atoms with E-state index in [0.29, 0.717) is 25.5 Å². The van der Waals surface area contributed by atoms with E-state index in [1.165, 1.54) is 11.8 Å². The molecule has 2 aromatic carbocycles. The second-order valence-corrected chi connectivity index (χ2v) is 10.1. The monoisotopic (exact) mass is 439 g/mol. The first-order chi connectivity index (χ1) is 14.7. The Kier molecular flexibility index (Phi) is 7.33. The molecule has 31 heavy (non-hydrogen) atoms. The van der Waals surface area contributed by atoms with Gasteiger partial charge in [-0.2, -0.15) is 0 Å². The van der Waals surface area contributed by atoms with Gasteiger partial charge in [0.1, 0.15) is 22.2 Å². The zero-order valence-corrected chi connectivity index (χ0v) is 19.3. The molecule has 5 nitrogen and oxygen atoms in total. The minimum absolute atomic E-state index is 0.112. The summed E-state index contributed by atoms with van der Waals surface area (Å²) in [7, 11) is -2.98. The van der Waals surface area contributed by atoms with E-state index >= 15 is 0 Å². The van der Waals surface area contributed by atoms with Crippen molar-refractivity contribution in [1.82, 2.24) is 4.98 Å². The maximum atomic E-state index is 11.2. The molecular formula is C25H29NO4S. The van der Waals surface area contributed by atoms with Gasteiger partial charge in [0, 0.05) is 23.6 Å². The van der Waals surface area contributed by atoms with Crippen LogP contribution in [0.1, 0.15) is 28.8 Å². The van der Waals surface area contributed by atoms with Crippen molar-refractivity contribution in [1.29, 1.82) is 0 Å². The summed E-state index contributed by atoms with van der Waals surface area (Å²) in [5, 5.41) is 0. The first kappa shape index (κ1) is 22.8. The van der Waals surface area contributed by atoms with Gasteiger partial charge in [-0.05, 0) is 67.6 Å². The number of hydrogen-bond acceptors (Lipinski definition) is 5. The van der Waals surface area contributed by atoms with E-state index in [9.17, 15) is 8.42 Å². The Hall–Kier alpha value is -2.86. The Balaban J connectivity index is 1.71. The van der Waals surface area contributed by atoms with Crippen LogP contribution in [0.2, 0.25) is 0 Å². The van der Waals surface area contributed by atoms with Crippen molar-refractivity contribution in [2.75, 3.05) is 18.6 Å². The van der Waals surface area contributed by atoms with Crippen LogP contribution < -0.4 is 9.47 Å². The molecule has 0 aliphatic carbocycles. The average molecular weight is 440 g/mol. The summed E-state index contributed by atoms with van der Waals surface area (Å²) in [4.78, 5) is 4.57. The summed E-state index contributed by atoms with van der Waals surface area (Å²) >= 11 is 0. The minimum atomic E-state index is -2.98. The third kappa shape index (κ3) is 6.82. The van der Waals surface area contributed by atoms with Gasteiger partial charge in [-0.15, -0.1) is 0 Å². The van der Waals surface area contributed by atoms with E-state index in [2.05, 4.69) is 23.2 Å². The van der Waals surface area contributed by atoms with E-state index < -0.39 is 9.84 Å². The van der Waals surface area contributed by atoms with Crippen LogP contribution in [-0.2, 0) is 16.4 Å². The Morgan fingerprint density at radius 3 is 2.42 bits per heavy atom. The second kappa shape index (κ2) is 9.96. The Morgan fingerprint density at radius 1 is 0.935 bits per heavy atom.